The first-order valence-corrected chi connectivity index (χ1v) is 6.31. The highest BCUT2D eigenvalue weighted by molar-refractivity contribution is 7.98. The van der Waals surface area contributed by atoms with E-state index >= 15 is 0 Å². The Kier molecular flexibility index (Phi) is 3.94. The molecule has 0 aliphatic heterocycles. The van der Waals surface area contributed by atoms with Crippen LogP contribution in [0.1, 0.15) is 11.1 Å². The summed E-state index contributed by atoms with van der Waals surface area (Å²) in [6.45, 7) is 0. The maximum absolute atomic E-state index is 13.1. The normalized spacial score (nSPS) is 10.3. The Labute approximate surface area is 109 Å². The maximum Gasteiger partial charge on any atom is 0.123 e. The molecular weight excluding hydrogens is 249 g/mol. The van der Waals surface area contributed by atoms with Gasteiger partial charge in [0.25, 0.3) is 0 Å². The second-order valence-electron chi connectivity index (χ2n) is 3.69. The molecule has 0 saturated heterocycles. The van der Waals surface area contributed by atoms with Gasteiger partial charge in [0.05, 0.1) is 0 Å². The van der Waals surface area contributed by atoms with E-state index in [0.717, 1.165) is 10.5 Å². The molecule has 0 unspecified atom stereocenters. The third-order valence-electron chi connectivity index (χ3n) is 2.41. The quantitative estimate of drug-likeness (QED) is 0.505. The van der Waals surface area contributed by atoms with Gasteiger partial charge < -0.3 is 5.73 Å². The first-order valence-electron chi connectivity index (χ1n) is 5.32. The minimum Gasteiger partial charge on any atom is -0.384 e. The Hall–Kier alpha value is -1.88. The van der Waals surface area contributed by atoms with Crippen LogP contribution in [0.3, 0.4) is 0 Å². The highest BCUT2D eigenvalue weighted by atomic mass is 32.2. The summed E-state index contributed by atoms with van der Waals surface area (Å²) in [4.78, 5) is 5.01. The van der Waals surface area contributed by atoms with Crippen molar-refractivity contribution in [2.45, 2.75) is 10.6 Å². The van der Waals surface area contributed by atoms with E-state index in [9.17, 15) is 4.39 Å². The number of hydrogen-bond acceptors (Lipinski definition) is 3. The molecule has 92 valence electrons. The Balaban J connectivity index is 2.17. The first-order chi connectivity index (χ1) is 8.66. The van der Waals surface area contributed by atoms with Crippen molar-refractivity contribution in [1.29, 1.82) is 5.41 Å². The van der Waals surface area contributed by atoms with E-state index in [2.05, 4.69) is 4.98 Å². The van der Waals surface area contributed by atoms with Gasteiger partial charge in [-0.1, -0.05) is 6.07 Å². The molecule has 3 nitrogen and oxygen atoms in total. The van der Waals surface area contributed by atoms with Crippen LogP contribution >= 0.6 is 11.8 Å². The number of halogens is 1. The summed E-state index contributed by atoms with van der Waals surface area (Å²) in [5, 5.41) is 7.45. The van der Waals surface area contributed by atoms with Gasteiger partial charge in [-0.15, -0.1) is 11.8 Å². The number of aromatic nitrogens is 1. The number of benzene rings is 1. The highest BCUT2D eigenvalue weighted by Gasteiger charge is 2.07. The topological polar surface area (TPSA) is 62.8 Å². The molecule has 0 bridgehead atoms. The Bertz CT molecular complexity index is 557. The lowest BCUT2D eigenvalue weighted by Crippen LogP contribution is -2.13. The van der Waals surface area contributed by atoms with Crippen LogP contribution < -0.4 is 5.73 Å². The molecule has 1 heterocycles. The fraction of sp³-hybridized carbons (Fsp3) is 0.0769. The third kappa shape index (κ3) is 3.07. The molecule has 0 spiro atoms. The Morgan fingerprint density at radius 1 is 1.28 bits per heavy atom. The van der Waals surface area contributed by atoms with Gasteiger partial charge in [0, 0.05) is 28.6 Å². The van der Waals surface area contributed by atoms with Gasteiger partial charge in [0.2, 0.25) is 0 Å². The fourth-order valence-corrected chi connectivity index (χ4v) is 2.41. The smallest absolute Gasteiger partial charge is 0.123 e. The molecule has 1 aromatic heterocycles. The zero-order valence-corrected chi connectivity index (χ0v) is 10.4. The number of hydrogen-bond donors (Lipinski definition) is 2. The summed E-state index contributed by atoms with van der Waals surface area (Å²) in [5.74, 6) is 0.150. The molecule has 0 saturated carbocycles. The molecule has 3 N–H and O–H groups in total. The van der Waals surface area contributed by atoms with E-state index in [-0.39, 0.29) is 11.7 Å². The number of thioether (sulfide) groups is 1. The van der Waals surface area contributed by atoms with Crippen LogP contribution in [0.15, 0.2) is 47.6 Å². The van der Waals surface area contributed by atoms with Crippen LogP contribution in [0.5, 0.6) is 0 Å². The molecule has 2 rings (SSSR count). The van der Waals surface area contributed by atoms with E-state index in [0.29, 0.717) is 11.3 Å². The van der Waals surface area contributed by atoms with Gasteiger partial charge in [-0.25, -0.2) is 4.39 Å². The van der Waals surface area contributed by atoms with E-state index in [1.807, 2.05) is 12.1 Å². The molecule has 0 aliphatic rings. The van der Waals surface area contributed by atoms with Gasteiger partial charge in [-0.2, -0.15) is 0 Å². The zero-order chi connectivity index (χ0) is 13.0. The van der Waals surface area contributed by atoms with Gasteiger partial charge in [-0.05, 0) is 29.8 Å². The summed E-state index contributed by atoms with van der Waals surface area (Å²) in [7, 11) is 0. The number of nitrogens with zero attached hydrogens (tertiary/aromatic N) is 1. The monoisotopic (exact) mass is 261 g/mol. The Morgan fingerprint density at radius 3 is 2.67 bits per heavy atom. The number of amidine groups is 1. The van der Waals surface area contributed by atoms with Crippen molar-refractivity contribution >= 4 is 17.6 Å². The molecule has 0 radical (unpaired) electrons. The molecule has 18 heavy (non-hydrogen) atoms. The molecular formula is C13H12FN3S. The molecule has 2 aromatic rings. The molecule has 1 aromatic carbocycles. The van der Waals surface area contributed by atoms with E-state index in [1.165, 1.54) is 12.1 Å². The third-order valence-corrected chi connectivity index (χ3v) is 3.47. The summed E-state index contributed by atoms with van der Waals surface area (Å²) in [6, 6.07) is 8.16. The van der Waals surface area contributed by atoms with Crippen molar-refractivity contribution in [2.75, 3.05) is 0 Å². The van der Waals surface area contributed by atoms with Crippen molar-refractivity contribution in [3.63, 3.8) is 0 Å². The average Bonchev–Trinajstić information content (AvgIpc) is 2.38. The predicted octanol–water partition coefficient (Wildman–Crippen LogP) is 2.80. The summed E-state index contributed by atoms with van der Waals surface area (Å²) in [6.07, 6.45) is 3.44. The molecule has 0 fully saturated rings. The minimum absolute atomic E-state index is 0.111. The van der Waals surface area contributed by atoms with Gasteiger partial charge in [0.15, 0.2) is 0 Å². The molecule has 0 amide bonds. The molecule has 0 atom stereocenters. The van der Waals surface area contributed by atoms with Crippen LogP contribution in [-0.2, 0) is 5.75 Å². The zero-order valence-electron chi connectivity index (χ0n) is 9.56. The number of pyridine rings is 1. The van der Waals surface area contributed by atoms with E-state index in [4.69, 9.17) is 11.1 Å². The van der Waals surface area contributed by atoms with Crippen LogP contribution in [0, 0.1) is 11.2 Å². The van der Waals surface area contributed by atoms with Crippen LogP contribution in [0.2, 0.25) is 0 Å². The van der Waals surface area contributed by atoms with E-state index in [1.54, 1.807) is 30.2 Å². The van der Waals surface area contributed by atoms with Crippen LogP contribution in [0.25, 0.3) is 0 Å². The second-order valence-corrected chi connectivity index (χ2v) is 4.74. The van der Waals surface area contributed by atoms with Crippen molar-refractivity contribution in [3.05, 3.63) is 59.7 Å². The lowest BCUT2D eigenvalue weighted by molar-refractivity contribution is 0.627. The first kappa shape index (κ1) is 12.6. The van der Waals surface area contributed by atoms with Crippen LogP contribution in [-0.4, -0.2) is 10.8 Å². The Morgan fingerprint density at radius 2 is 2.00 bits per heavy atom. The summed E-state index contributed by atoms with van der Waals surface area (Å²) < 4.78 is 13.1. The largest absolute Gasteiger partial charge is 0.384 e. The summed E-state index contributed by atoms with van der Waals surface area (Å²) in [5.41, 5.74) is 6.76. The standard InChI is InChI=1S/C13H12FN3S/c14-10-2-1-9(12(7-10)13(15)16)8-18-11-3-5-17-6-4-11/h1-7H,8H2,(H3,15,16). The second kappa shape index (κ2) is 5.64. The van der Waals surface area contributed by atoms with Crippen molar-refractivity contribution in [1.82, 2.24) is 4.98 Å². The van der Waals surface area contributed by atoms with Crippen molar-refractivity contribution in [3.8, 4) is 0 Å². The lowest BCUT2D eigenvalue weighted by atomic mass is 10.1. The highest BCUT2D eigenvalue weighted by Crippen LogP contribution is 2.24. The SMILES string of the molecule is N=C(N)c1cc(F)ccc1CSc1ccncc1. The summed E-state index contributed by atoms with van der Waals surface area (Å²) >= 11 is 1.60. The molecule has 5 heteroatoms. The number of nitrogen functional groups attached to an aromatic ring is 1. The van der Waals surface area contributed by atoms with Gasteiger partial charge in [0.1, 0.15) is 11.7 Å². The van der Waals surface area contributed by atoms with Crippen LogP contribution in [0.4, 0.5) is 4.39 Å². The number of rotatable bonds is 4. The fourth-order valence-electron chi connectivity index (χ4n) is 1.52. The van der Waals surface area contributed by atoms with E-state index < -0.39 is 0 Å². The predicted molar refractivity (Wildman–Crippen MR) is 71.2 cm³/mol. The maximum atomic E-state index is 13.1. The average molecular weight is 261 g/mol. The van der Waals surface area contributed by atoms with Gasteiger partial charge >= 0.3 is 0 Å². The molecule has 0 aliphatic carbocycles. The van der Waals surface area contributed by atoms with Crippen molar-refractivity contribution in [2.24, 2.45) is 5.73 Å². The minimum atomic E-state index is -0.377. The lowest BCUT2D eigenvalue weighted by Gasteiger charge is -2.08. The van der Waals surface area contributed by atoms with Gasteiger partial charge in [-0.3, -0.25) is 10.4 Å². The van der Waals surface area contributed by atoms with Crippen molar-refractivity contribution < 1.29 is 4.39 Å². The number of nitrogens with two attached hydrogens (primary N) is 1. The number of nitrogens with one attached hydrogen (secondary N) is 1.